The Balaban J connectivity index is 3.03. The molecular weight excluding hydrogens is 233 g/mol. The molecule has 0 aromatic heterocycles. The molecule has 0 saturated carbocycles. The molecule has 0 bridgehead atoms. The van der Waals surface area contributed by atoms with Gasteiger partial charge in [-0.05, 0) is 18.6 Å². The maximum Gasteiger partial charge on any atom is 0.471 e. The summed E-state index contributed by atoms with van der Waals surface area (Å²) in [7, 11) is 0. The lowest BCUT2D eigenvalue weighted by Crippen LogP contribution is -2.30. The number of amides is 1. The van der Waals surface area contributed by atoms with Crippen molar-refractivity contribution in [3.8, 4) is 0 Å². The average molecular weight is 239 g/mol. The second-order valence-electron chi connectivity index (χ2n) is 3.03. The summed E-state index contributed by atoms with van der Waals surface area (Å²) in [5.41, 5.74) is -0.807. The standard InChI is InChI=1S/C9H6F5NO/c1-4-2-5(10)3-6(11)7(4)15-8(16)9(12,13)14/h2-3H,1H3,(H,15,16). The molecule has 0 saturated heterocycles. The number of carbonyl (C=O) groups excluding carboxylic acids is 1. The molecule has 0 unspecified atom stereocenters. The number of hydrogen-bond acceptors (Lipinski definition) is 1. The Kier molecular flexibility index (Phi) is 3.16. The van der Waals surface area contributed by atoms with Crippen LogP contribution >= 0.6 is 0 Å². The first-order chi connectivity index (χ1) is 7.21. The third kappa shape index (κ3) is 2.68. The number of rotatable bonds is 1. The van der Waals surface area contributed by atoms with Crippen LogP contribution in [-0.4, -0.2) is 12.1 Å². The van der Waals surface area contributed by atoms with Crippen molar-refractivity contribution < 1.29 is 26.7 Å². The maximum atomic E-state index is 13.0. The molecule has 16 heavy (non-hydrogen) atoms. The average Bonchev–Trinajstić information content (AvgIpc) is 2.08. The normalized spacial score (nSPS) is 11.4. The third-order valence-electron chi connectivity index (χ3n) is 1.75. The summed E-state index contributed by atoms with van der Waals surface area (Å²) >= 11 is 0. The summed E-state index contributed by atoms with van der Waals surface area (Å²) in [6, 6.07) is 1.20. The highest BCUT2D eigenvalue weighted by molar-refractivity contribution is 5.95. The molecule has 0 fully saturated rings. The van der Waals surface area contributed by atoms with Crippen molar-refractivity contribution in [2.75, 3.05) is 5.32 Å². The van der Waals surface area contributed by atoms with E-state index in [2.05, 4.69) is 0 Å². The highest BCUT2D eigenvalue weighted by Crippen LogP contribution is 2.24. The first-order valence-electron chi connectivity index (χ1n) is 4.05. The van der Waals surface area contributed by atoms with Crippen LogP contribution in [0, 0.1) is 18.6 Å². The summed E-state index contributed by atoms with van der Waals surface area (Å²) < 4.78 is 61.2. The molecule has 0 aliphatic rings. The van der Waals surface area contributed by atoms with Gasteiger partial charge >= 0.3 is 12.1 Å². The minimum Gasteiger partial charge on any atom is -0.315 e. The number of benzene rings is 1. The van der Waals surface area contributed by atoms with Crippen LogP contribution < -0.4 is 5.32 Å². The van der Waals surface area contributed by atoms with Crippen LogP contribution in [0.15, 0.2) is 12.1 Å². The molecule has 7 heteroatoms. The van der Waals surface area contributed by atoms with Crippen LogP contribution in [0.5, 0.6) is 0 Å². The SMILES string of the molecule is Cc1cc(F)cc(F)c1NC(=O)C(F)(F)F. The Morgan fingerprint density at radius 1 is 1.25 bits per heavy atom. The maximum absolute atomic E-state index is 13.0. The quantitative estimate of drug-likeness (QED) is 0.750. The van der Waals surface area contributed by atoms with E-state index < -0.39 is 29.4 Å². The largest absolute Gasteiger partial charge is 0.471 e. The van der Waals surface area contributed by atoms with Crippen LogP contribution in [0.2, 0.25) is 0 Å². The van der Waals surface area contributed by atoms with E-state index >= 15 is 0 Å². The van der Waals surface area contributed by atoms with Gasteiger partial charge < -0.3 is 5.32 Å². The zero-order chi connectivity index (χ0) is 12.5. The van der Waals surface area contributed by atoms with Gasteiger partial charge in [0.25, 0.3) is 0 Å². The van der Waals surface area contributed by atoms with E-state index in [1.54, 1.807) is 0 Å². The first kappa shape index (κ1) is 12.4. The Hall–Kier alpha value is -1.66. The molecule has 0 spiro atoms. The van der Waals surface area contributed by atoms with Crippen LogP contribution in [0.4, 0.5) is 27.6 Å². The lowest BCUT2D eigenvalue weighted by atomic mass is 10.2. The summed E-state index contributed by atoms with van der Waals surface area (Å²) in [4.78, 5) is 10.5. The molecule has 1 aromatic rings. The molecular formula is C9H6F5NO. The van der Waals surface area contributed by atoms with Gasteiger partial charge in [0, 0.05) is 6.07 Å². The summed E-state index contributed by atoms with van der Waals surface area (Å²) in [6.45, 7) is 1.18. The predicted molar refractivity (Wildman–Crippen MR) is 45.8 cm³/mol. The molecule has 0 radical (unpaired) electrons. The highest BCUT2D eigenvalue weighted by atomic mass is 19.4. The van der Waals surface area contributed by atoms with Gasteiger partial charge in [-0.2, -0.15) is 13.2 Å². The number of halogens is 5. The van der Waals surface area contributed by atoms with E-state index in [4.69, 9.17) is 0 Å². The molecule has 1 amide bonds. The van der Waals surface area contributed by atoms with Gasteiger partial charge in [-0.3, -0.25) is 4.79 Å². The lowest BCUT2D eigenvalue weighted by molar-refractivity contribution is -0.167. The Bertz CT molecular complexity index is 403. The third-order valence-corrected chi connectivity index (χ3v) is 1.75. The van der Waals surface area contributed by atoms with Crippen LogP contribution in [0.25, 0.3) is 0 Å². The number of anilines is 1. The number of aryl methyl sites for hydroxylation is 1. The van der Waals surface area contributed by atoms with Gasteiger partial charge in [0.05, 0.1) is 5.69 Å². The van der Waals surface area contributed by atoms with Crippen LogP contribution in [-0.2, 0) is 4.79 Å². The molecule has 0 aliphatic carbocycles. The zero-order valence-electron chi connectivity index (χ0n) is 7.95. The van der Waals surface area contributed by atoms with Crippen molar-refractivity contribution in [1.82, 2.24) is 0 Å². The van der Waals surface area contributed by atoms with E-state index in [0.29, 0.717) is 6.07 Å². The fourth-order valence-electron chi connectivity index (χ4n) is 1.04. The summed E-state index contributed by atoms with van der Waals surface area (Å²) in [5, 5.41) is 1.34. The van der Waals surface area contributed by atoms with Crippen molar-refractivity contribution in [1.29, 1.82) is 0 Å². The topological polar surface area (TPSA) is 29.1 Å². The molecule has 88 valence electrons. The van der Waals surface area contributed by atoms with Gasteiger partial charge in [-0.15, -0.1) is 0 Å². The minimum absolute atomic E-state index is 0.130. The number of nitrogens with one attached hydrogen (secondary N) is 1. The monoisotopic (exact) mass is 239 g/mol. The van der Waals surface area contributed by atoms with E-state index in [-0.39, 0.29) is 5.56 Å². The Morgan fingerprint density at radius 2 is 1.81 bits per heavy atom. The van der Waals surface area contributed by atoms with E-state index in [9.17, 15) is 26.7 Å². The molecule has 1 aromatic carbocycles. The number of alkyl halides is 3. The highest BCUT2D eigenvalue weighted by Gasteiger charge is 2.39. The van der Waals surface area contributed by atoms with Gasteiger partial charge in [-0.1, -0.05) is 0 Å². The predicted octanol–water partition coefficient (Wildman–Crippen LogP) is 2.77. The van der Waals surface area contributed by atoms with Crippen molar-refractivity contribution in [3.05, 3.63) is 29.3 Å². The van der Waals surface area contributed by atoms with Crippen LogP contribution in [0.3, 0.4) is 0 Å². The van der Waals surface area contributed by atoms with E-state index in [0.717, 1.165) is 6.07 Å². The van der Waals surface area contributed by atoms with Gasteiger partial charge in [0.2, 0.25) is 0 Å². The van der Waals surface area contributed by atoms with Gasteiger partial charge in [0.1, 0.15) is 11.6 Å². The van der Waals surface area contributed by atoms with Crippen LogP contribution in [0.1, 0.15) is 5.56 Å². The fourth-order valence-corrected chi connectivity index (χ4v) is 1.04. The first-order valence-corrected chi connectivity index (χ1v) is 4.05. The summed E-state index contributed by atoms with van der Waals surface area (Å²) in [6.07, 6.45) is -5.12. The van der Waals surface area contributed by atoms with Crippen molar-refractivity contribution >= 4 is 11.6 Å². The second-order valence-corrected chi connectivity index (χ2v) is 3.03. The Morgan fingerprint density at radius 3 is 2.25 bits per heavy atom. The molecule has 1 N–H and O–H groups in total. The smallest absolute Gasteiger partial charge is 0.315 e. The zero-order valence-corrected chi connectivity index (χ0v) is 7.95. The minimum atomic E-state index is -5.12. The molecule has 0 aliphatic heterocycles. The Labute approximate surface area is 87.1 Å². The fraction of sp³-hybridized carbons (Fsp3) is 0.222. The molecule has 2 nitrogen and oxygen atoms in total. The summed E-state index contributed by atoms with van der Waals surface area (Å²) in [5.74, 6) is -4.49. The van der Waals surface area contributed by atoms with Crippen molar-refractivity contribution in [2.24, 2.45) is 0 Å². The second kappa shape index (κ2) is 4.07. The van der Waals surface area contributed by atoms with Crippen molar-refractivity contribution in [2.45, 2.75) is 13.1 Å². The van der Waals surface area contributed by atoms with E-state index in [1.807, 2.05) is 0 Å². The molecule has 0 atom stereocenters. The number of hydrogen-bond donors (Lipinski definition) is 1. The number of carbonyl (C=O) groups is 1. The molecule has 0 heterocycles. The molecule has 1 rings (SSSR count). The van der Waals surface area contributed by atoms with Gasteiger partial charge in [0.15, 0.2) is 0 Å². The van der Waals surface area contributed by atoms with E-state index in [1.165, 1.54) is 12.2 Å². The van der Waals surface area contributed by atoms with Gasteiger partial charge in [-0.25, -0.2) is 8.78 Å². The lowest BCUT2D eigenvalue weighted by Gasteiger charge is -2.11. The van der Waals surface area contributed by atoms with Crippen molar-refractivity contribution in [3.63, 3.8) is 0 Å².